The SMILES string of the molecule is Cc1nn(C)c2sc(C(=O)Nc3ccc(SCc4cccnc4)cc3)cc12. The van der Waals surface area contributed by atoms with Crippen LogP contribution in [0.2, 0.25) is 0 Å². The molecule has 7 heteroatoms. The number of hydrogen-bond acceptors (Lipinski definition) is 5. The average molecular weight is 395 g/mol. The van der Waals surface area contributed by atoms with Gasteiger partial charge in [0.1, 0.15) is 4.83 Å². The van der Waals surface area contributed by atoms with E-state index in [0.717, 1.165) is 32.2 Å². The van der Waals surface area contributed by atoms with Crippen molar-refractivity contribution in [3.05, 3.63) is 71.0 Å². The molecule has 0 saturated carbocycles. The molecular weight excluding hydrogens is 376 g/mol. The van der Waals surface area contributed by atoms with Crippen LogP contribution in [0.3, 0.4) is 0 Å². The molecule has 1 N–H and O–H groups in total. The summed E-state index contributed by atoms with van der Waals surface area (Å²) < 4.78 is 1.82. The Morgan fingerprint density at radius 3 is 2.78 bits per heavy atom. The first-order valence-electron chi connectivity index (χ1n) is 8.46. The van der Waals surface area contributed by atoms with E-state index in [9.17, 15) is 4.79 Å². The Hall–Kier alpha value is -2.64. The number of aryl methyl sites for hydroxylation is 2. The third-order valence-corrected chi connectivity index (χ3v) is 6.44. The van der Waals surface area contributed by atoms with Crippen LogP contribution < -0.4 is 5.32 Å². The van der Waals surface area contributed by atoms with Crippen LogP contribution in [-0.2, 0) is 12.8 Å². The number of rotatable bonds is 5. The molecule has 0 spiro atoms. The van der Waals surface area contributed by atoms with Gasteiger partial charge in [0.25, 0.3) is 5.91 Å². The molecule has 1 aromatic carbocycles. The van der Waals surface area contributed by atoms with Crippen molar-refractivity contribution in [1.82, 2.24) is 14.8 Å². The van der Waals surface area contributed by atoms with Crippen molar-refractivity contribution in [1.29, 1.82) is 0 Å². The van der Waals surface area contributed by atoms with Crippen molar-refractivity contribution >= 4 is 44.9 Å². The molecule has 1 amide bonds. The standard InChI is InChI=1S/C20H18N4OS2/c1-13-17-10-18(27-20(17)24(2)23-13)19(25)22-15-5-7-16(8-6-15)26-12-14-4-3-9-21-11-14/h3-11H,12H2,1-2H3,(H,22,25). The lowest BCUT2D eigenvalue weighted by Gasteiger charge is -2.06. The smallest absolute Gasteiger partial charge is 0.265 e. The van der Waals surface area contributed by atoms with Crippen LogP contribution in [0.4, 0.5) is 5.69 Å². The van der Waals surface area contributed by atoms with Gasteiger partial charge < -0.3 is 5.32 Å². The Balaban J connectivity index is 1.41. The summed E-state index contributed by atoms with van der Waals surface area (Å²) in [7, 11) is 1.90. The zero-order valence-electron chi connectivity index (χ0n) is 15.0. The Bertz CT molecular complexity index is 1050. The second kappa shape index (κ2) is 7.54. The number of thiophene rings is 1. The molecule has 0 unspecified atom stereocenters. The predicted molar refractivity (Wildman–Crippen MR) is 112 cm³/mol. The van der Waals surface area contributed by atoms with Gasteiger partial charge >= 0.3 is 0 Å². The fraction of sp³-hybridized carbons (Fsp3) is 0.150. The van der Waals surface area contributed by atoms with E-state index in [4.69, 9.17) is 0 Å². The van der Waals surface area contributed by atoms with E-state index >= 15 is 0 Å². The molecule has 5 nitrogen and oxygen atoms in total. The summed E-state index contributed by atoms with van der Waals surface area (Å²) in [5.74, 6) is 0.778. The molecule has 0 saturated heterocycles. The first-order valence-corrected chi connectivity index (χ1v) is 10.3. The van der Waals surface area contributed by atoms with Crippen molar-refractivity contribution in [2.75, 3.05) is 5.32 Å². The number of carbonyl (C=O) groups excluding carboxylic acids is 1. The van der Waals surface area contributed by atoms with Gasteiger partial charge in [-0.1, -0.05) is 6.07 Å². The van der Waals surface area contributed by atoms with Crippen LogP contribution in [0.1, 0.15) is 20.9 Å². The number of benzene rings is 1. The van der Waals surface area contributed by atoms with Crippen molar-refractivity contribution < 1.29 is 4.79 Å². The van der Waals surface area contributed by atoms with Crippen molar-refractivity contribution in [3.63, 3.8) is 0 Å². The zero-order chi connectivity index (χ0) is 18.8. The van der Waals surface area contributed by atoms with Crippen LogP contribution in [0.15, 0.2) is 59.8 Å². The highest BCUT2D eigenvalue weighted by atomic mass is 32.2. The lowest BCUT2D eigenvalue weighted by molar-refractivity contribution is 0.103. The third kappa shape index (κ3) is 3.89. The fourth-order valence-electron chi connectivity index (χ4n) is 2.79. The third-order valence-electron chi connectivity index (χ3n) is 4.16. The van der Waals surface area contributed by atoms with Crippen LogP contribution in [0, 0.1) is 6.92 Å². The average Bonchev–Trinajstić information content (AvgIpc) is 3.24. The Morgan fingerprint density at radius 2 is 2.07 bits per heavy atom. The first-order chi connectivity index (χ1) is 13.1. The summed E-state index contributed by atoms with van der Waals surface area (Å²) in [5, 5.41) is 8.38. The minimum absolute atomic E-state index is 0.0913. The largest absolute Gasteiger partial charge is 0.321 e. The maximum Gasteiger partial charge on any atom is 0.265 e. The van der Waals surface area contributed by atoms with E-state index < -0.39 is 0 Å². The first kappa shape index (κ1) is 17.8. The summed E-state index contributed by atoms with van der Waals surface area (Å²) >= 11 is 3.20. The summed E-state index contributed by atoms with van der Waals surface area (Å²) in [6, 6.07) is 13.8. The van der Waals surface area contributed by atoms with Crippen molar-refractivity contribution in [3.8, 4) is 0 Å². The Morgan fingerprint density at radius 1 is 1.26 bits per heavy atom. The molecule has 0 radical (unpaired) electrons. The van der Waals surface area contributed by atoms with Crippen LogP contribution >= 0.6 is 23.1 Å². The quantitative estimate of drug-likeness (QED) is 0.490. The molecule has 3 aromatic heterocycles. The van der Waals surface area contributed by atoms with Crippen LogP contribution in [0.5, 0.6) is 0 Å². The second-order valence-corrected chi connectivity index (χ2v) is 8.25. The van der Waals surface area contributed by atoms with Crippen LogP contribution in [-0.4, -0.2) is 20.7 Å². The zero-order valence-corrected chi connectivity index (χ0v) is 16.6. The number of carbonyl (C=O) groups is 1. The van der Waals surface area contributed by atoms with E-state index in [1.807, 2.05) is 61.2 Å². The van der Waals surface area contributed by atoms with Gasteiger partial charge in [-0.2, -0.15) is 5.10 Å². The number of aromatic nitrogens is 3. The number of amides is 1. The number of thioether (sulfide) groups is 1. The van der Waals surface area contributed by atoms with Crippen molar-refractivity contribution in [2.45, 2.75) is 17.6 Å². The lowest BCUT2D eigenvalue weighted by Crippen LogP contribution is -2.09. The number of nitrogens with zero attached hydrogens (tertiary/aromatic N) is 3. The second-order valence-electron chi connectivity index (χ2n) is 6.17. The molecule has 4 aromatic rings. The Kier molecular flexibility index (Phi) is 4.96. The number of fused-ring (bicyclic) bond motifs is 1. The number of nitrogens with one attached hydrogen (secondary N) is 1. The van der Waals surface area contributed by atoms with Gasteiger partial charge in [0.05, 0.1) is 10.6 Å². The van der Waals surface area contributed by atoms with Crippen molar-refractivity contribution in [2.24, 2.45) is 7.05 Å². The molecule has 0 bridgehead atoms. The van der Waals surface area contributed by atoms with E-state index in [2.05, 4.69) is 21.5 Å². The van der Waals surface area contributed by atoms with E-state index in [-0.39, 0.29) is 5.91 Å². The van der Waals surface area contributed by atoms with Gasteiger partial charge in [-0.05, 0) is 48.9 Å². The number of hydrogen-bond donors (Lipinski definition) is 1. The maximum absolute atomic E-state index is 12.6. The minimum Gasteiger partial charge on any atom is -0.321 e. The van der Waals surface area contributed by atoms with Gasteiger partial charge in [0.2, 0.25) is 0 Å². The normalized spacial score (nSPS) is 11.0. The molecule has 0 fully saturated rings. The Labute approximate surface area is 165 Å². The summed E-state index contributed by atoms with van der Waals surface area (Å²) in [4.78, 5) is 19.5. The molecule has 136 valence electrons. The van der Waals surface area contributed by atoms with Gasteiger partial charge in [-0.3, -0.25) is 14.5 Å². The molecule has 0 atom stereocenters. The summed E-state index contributed by atoms with van der Waals surface area (Å²) in [6.07, 6.45) is 3.66. The van der Waals surface area contributed by atoms with Gasteiger partial charge in [-0.25, -0.2) is 0 Å². The fourth-order valence-corrected chi connectivity index (χ4v) is 4.65. The predicted octanol–water partition coefficient (Wildman–Crippen LogP) is 4.88. The monoisotopic (exact) mass is 394 g/mol. The minimum atomic E-state index is -0.0913. The highest BCUT2D eigenvalue weighted by Gasteiger charge is 2.15. The molecule has 4 rings (SSSR count). The lowest BCUT2D eigenvalue weighted by atomic mass is 10.3. The molecular formula is C20H18N4OS2. The summed E-state index contributed by atoms with van der Waals surface area (Å²) in [6.45, 7) is 1.96. The van der Waals surface area contributed by atoms with Gasteiger partial charge in [0, 0.05) is 41.2 Å². The van der Waals surface area contributed by atoms with E-state index in [1.54, 1.807) is 18.0 Å². The molecule has 3 heterocycles. The van der Waals surface area contributed by atoms with Gasteiger partial charge in [-0.15, -0.1) is 23.1 Å². The number of anilines is 1. The molecule has 27 heavy (non-hydrogen) atoms. The highest BCUT2D eigenvalue weighted by molar-refractivity contribution is 7.98. The van der Waals surface area contributed by atoms with Gasteiger partial charge in [0.15, 0.2) is 0 Å². The topological polar surface area (TPSA) is 59.8 Å². The highest BCUT2D eigenvalue weighted by Crippen LogP contribution is 2.29. The molecule has 0 aliphatic carbocycles. The molecule has 0 aliphatic heterocycles. The maximum atomic E-state index is 12.6. The summed E-state index contributed by atoms with van der Waals surface area (Å²) in [5.41, 5.74) is 2.92. The van der Waals surface area contributed by atoms with E-state index in [0.29, 0.717) is 4.88 Å². The molecule has 0 aliphatic rings. The van der Waals surface area contributed by atoms with E-state index in [1.165, 1.54) is 16.9 Å². The number of pyridine rings is 1. The van der Waals surface area contributed by atoms with Crippen LogP contribution in [0.25, 0.3) is 10.2 Å².